The van der Waals surface area contributed by atoms with Crippen molar-refractivity contribution in [1.82, 2.24) is 29.7 Å². The van der Waals surface area contributed by atoms with Crippen molar-refractivity contribution in [2.24, 2.45) is 5.92 Å². The van der Waals surface area contributed by atoms with Crippen molar-refractivity contribution in [1.29, 1.82) is 0 Å². The number of benzene rings is 3. The number of imidazole rings is 2. The van der Waals surface area contributed by atoms with Crippen LogP contribution in [-0.2, 0) is 22.3 Å². The Balaban J connectivity index is 0.935. The number of fused-ring (bicyclic) bond motifs is 6. The van der Waals surface area contributed by atoms with Gasteiger partial charge in [-0.2, -0.15) is 0 Å². The molecule has 2 amide bonds. The number of carbonyl (C=O) groups is 2. The van der Waals surface area contributed by atoms with E-state index in [9.17, 15) is 9.59 Å². The lowest BCUT2D eigenvalue weighted by Crippen LogP contribution is -2.43. The third kappa shape index (κ3) is 6.33. The molecule has 3 aromatic carbocycles. The third-order valence-electron chi connectivity index (χ3n) is 11.6. The van der Waals surface area contributed by atoms with Crippen molar-refractivity contribution in [2.45, 2.75) is 116 Å². The second-order valence-electron chi connectivity index (χ2n) is 17.7. The molecule has 4 aliphatic rings. The molecule has 9 rings (SSSR count). The minimum Gasteiger partial charge on any atom is -0.444 e. The Morgan fingerprint density at radius 3 is 2.17 bits per heavy atom. The van der Waals surface area contributed by atoms with Crippen LogP contribution in [0.4, 0.5) is 9.59 Å². The Kier molecular flexibility index (Phi) is 8.17. The van der Waals surface area contributed by atoms with Gasteiger partial charge in [0.05, 0.1) is 35.0 Å². The molecule has 2 N–H and O–H groups in total. The number of H-pyrrole nitrogens is 2. The molecular weight excluding hydrogens is 677 g/mol. The van der Waals surface area contributed by atoms with E-state index in [1.807, 2.05) is 52.6 Å². The number of hydrogen-bond acceptors (Lipinski definition) is 6. The van der Waals surface area contributed by atoms with E-state index >= 15 is 0 Å². The highest BCUT2D eigenvalue weighted by Gasteiger charge is 2.51. The van der Waals surface area contributed by atoms with Gasteiger partial charge in [-0.1, -0.05) is 36.4 Å². The number of aromatic amines is 2. The maximum atomic E-state index is 13.3. The Labute approximate surface area is 316 Å². The van der Waals surface area contributed by atoms with Crippen LogP contribution in [0, 0.1) is 5.92 Å². The van der Waals surface area contributed by atoms with E-state index in [1.165, 1.54) is 27.8 Å². The van der Waals surface area contributed by atoms with Crippen LogP contribution in [0.2, 0.25) is 0 Å². The fourth-order valence-electron chi connectivity index (χ4n) is 9.25. The van der Waals surface area contributed by atoms with Gasteiger partial charge < -0.3 is 19.4 Å². The standard InChI is InChI=1S/C44H50N6O4/c1-43(2,3)53-41(51)49-19-7-8-37(49)39-45-24-36(48-39)29-13-17-33-28(21-29)10-9-27-20-25(12-16-32(27)33)26-14-18-34-35(23-26)47-40(46-34)38-30-11-15-31(22-30)50(38)42(52)54-44(4,5)6/h12-14,16-18,20-21,23-24,30-31,37-38H,7-11,15,19,22H2,1-6H3,(H,45,48)(H,46,47)/t30-,31+,37?,38?/m0/s1. The molecule has 10 heteroatoms. The van der Waals surface area contributed by atoms with Crippen LogP contribution in [0.1, 0.15) is 109 Å². The summed E-state index contributed by atoms with van der Waals surface area (Å²) in [5.41, 5.74) is 10.4. The molecule has 2 aliphatic heterocycles. The fraction of sp³-hybridized carbons (Fsp3) is 0.455. The van der Waals surface area contributed by atoms with Gasteiger partial charge in [0.15, 0.2) is 0 Å². The van der Waals surface area contributed by atoms with Gasteiger partial charge in [0.1, 0.15) is 22.9 Å². The second-order valence-corrected chi connectivity index (χ2v) is 17.7. The Morgan fingerprint density at radius 2 is 1.43 bits per heavy atom. The molecule has 2 saturated heterocycles. The van der Waals surface area contributed by atoms with Crippen molar-refractivity contribution in [3.63, 3.8) is 0 Å². The molecule has 2 unspecified atom stereocenters. The van der Waals surface area contributed by atoms with Crippen LogP contribution < -0.4 is 0 Å². The van der Waals surface area contributed by atoms with E-state index in [2.05, 4.69) is 64.6 Å². The molecule has 5 aromatic rings. The van der Waals surface area contributed by atoms with Crippen molar-refractivity contribution >= 4 is 23.2 Å². The number of nitrogens with zero attached hydrogens (tertiary/aromatic N) is 4. The summed E-state index contributed by atoms with van der Waals surface area (Å²) in [7, 11) is 0. The summed E-state index contributed by atoms with van der Waals surface area (Å²) < 4.78 is 11.5. The van der Waals surface area contributed by atoms with Gasteiger partial charge in [-0.25, -0.2) is 19.6 Å². The van der Waals surface area contributed by atoms with Crippen molar-refractivity contribution < 1.29 is 19.1 Å². The number of hydrogen-bond donors (Lipinski definition) is 2. The number of ether oxygens (including phenoxy) is 2. The number of aryl methyl sites for hydroxylation is 2. The largest absolute Gasteiger partial charge is 0.444 e. The summed E-state index contributed by atoms with van der Waals surface area (Å²) in [4.78, 5) is 46.9. The van der Waals surface area contributed by atoms with E-state index in [4.69, 9.17) is 19.4 Å². The zero-order valence-corrected chi connectivity index (χ0v) is 32.2. The summed E-state index contributed by atoms with van der Waals surface area (Å²) in [5.74, 6) is 2.06. The lowest BCUT2D eigenvalue weighted by Gasteiger charge is -2.35. The van der Waals surface area contributed by atoms with Gasteiger partial charge in [0.2, 0.25) is 0 Å². The van der Waals surface area contributed by atoms with Gasteiger partial charge in [-0.15, -0.1) is 0 Å². The SMILES string of the molecule is CC(C)(C)OC(=O)N1CCCC1c1ncc(-c2ccc3c(c2)CCc2cc(-c4ccc5nc(C6[C@H]7CC[C@H](C7)N6C(=O)OC(C)(C)C)[nH]c5c4)ccc2-3)[nH]1. The summed E-state index contributed by atoms with van der Waals surface area (Å²) >= 11 is 0. The number of piperidine rings is 1. The van der Waals surface area contributed by atoms with Crippen LogP contribution in [0.15, 0.2) is 60.8 Å². The van der Waals surface area contributed by atoms with E-state index < -0.39 is 11.2 Å². The van der Waals surface area contributed by atoms with Gasteiger partial charge in [-0.3, -0.25) is 9.80 Å². The first-order valence-electron chi connectivity index (χ1n) is 19.6. The highest BCUT2D eigenvalue weighted by molar-refractivity contribution is 5.84. The summed E-state index contributed by atoms with van der Waals surface area (Å²) in [6.45, 7) is 12.1. The zero-order valence-electron chi connectivity index (χ0n) is 32.2. The molecule has 2 aromatic heterocycles. The van der Waals surface area contributed by atoms with E-state index in [1.54, 1.807) is 4.90 Å². The lowest BCUT2D eigenvalue weighted by atomic mass is 9.83. The molecule has 4 heterocycles. The number of rotatable bonds is 4. The van der Waals surface area contributed by atoms with E-state index in [0.29, 0.717) is 12.5 Å². The molecule has 0 spiro atoms. The van der Waals surface area contributed by atoms with Crippen LogP contribution in [0.5, 0.6) is 0 Å². The molecule has 2 aliphatic carbocycles. The molecule has 2 bridgehead atoms. The third-order valence-corrected chi connectivity index (χ3v) is 11.6. The average molecular weight is 727 g/mol. The van der Waals surface area contributed by atoms with Crippen molar-refractivity contribution in [3.05, 3.63) is 83.6 Å². The predicted octanol–water partition coefficient (Wildman–Crippen LogP) is 9.92. The summed E-state index contributed by atoms with van der Waals surface area (Å²) in [6, 6.07) is 20.0. The first-order chi connectivity index (χ1) is 25.8. The molecule has 3 fully saturated rings. The monoisotopic (exact) mass is 726 g/mol. The number of nitrogens with one attached hydrogen (secondary N) is 2. The Bertz CT molecular complexity index is 2270. The van der Waals surface area contributed by atoms with Crippen LogP contribution in [-0.4, -0.2) is 65.7 Å². The van der Waals surface area contributed by atoms with E-state index in [0.717, 1.165) is 84.4 Å². The lowest BCUT2D eigenvalue weighted by molar-refractivity contribution is 0.00616. The van der Waals surface area contributed by atoms with Gasteiger partial charge in [0.25, 0.3) is 0 Å². The molecule has 54 heavy (non-hydrogen) atoms. The van der Waals surface area contributed by atoms with Gasteiger partial charge >= 0.3 is 12.2 Å². The summed E-state index contributed by atoms with van der Waals surface area (Å²) in [6.07, 6.45) is 8.21. The molecule has 280 valence electrons. The molecular formula is C44H50N6O4. The van der Waals surface area contributed by atoms with Crippen LogP contribution in [0.3, 0.4) is 0 Å². The highest BCUT2D eigenvalue weighted by Crippen LogP contribution is 2.50. The molecule has 10 nitrogen and oxygen atoms in total. The maximum Gasteiger partial charge on any atom is 0.411 e. The Morgan fingerprint density at radius 1 is 0.759 bits per heavy atom. The second kappa shape index (κ2) is 12.7. The van der Waals surface area contributed by atoms with Crippen molar-refractivity contribution in [3.8, 4) is 33.5 Å². The summed E-state index contributed by atoms with van der Waals surface area (Å²) in [5, 5.41) is 0. The first-order valence-corrected chi connectivity index (χ1v) is 19.6. The Hall–Kier alpha value is -5.12. The van der Waals surface area contributed by atoms with Gasteiger partial charge in [0, 0.05) is 12.6 Å². The predicted molar refractivity (Wildman–Crippen MR) is 209 cm³/mol. The topological polar surface area (TPSA) is 116 Å². The van der Waals surface area contributed by atoms with Crippen molar-refractivity contribution in [2.75, 3.05) is 6.54 Å². The number of carbonyl (C=O) groups excluding carboxylic acids is 2. The molecule has 0 radical (unpaired) electrons. The van der Waals surface area contributed by atoms with Crippen LogP contribution >= 0.6 is 0 Å². The fourth-order valence-corrected chi connectivity index (χ4v) is 9.25. The minimum absolute atomic E-state index is 0.0871. The normalized spacial score (nSPS) is 22.1. The molecule has 4 atom stereocenters. The highest BCUT2D eigenvalue weighted by atomic mass is 16.6. The minimum atomic E-state index is -0.540. The first kappa shape index (κ1) is 34.6. The van der Waals surface area contributed by atoms with Gasteiger partial charge in [-0.05, 0) is 150 Å². The molecule has 1 saturated carbocycles. The average Bonchev–Trinajstić information content (AvgIpc) is 3.97. The number of amides is 2. The maximum absolute atomic E-state index is 13.3. The number of aromatic nitrogens is 4. The van der Waals surface area contributed by atoms with E-state index in [-0.39, 0.29) is 30.3 Å². The number of likely N-dealkylation sites (tertiary alicyclic amines) is 2. The zero-order chi connectivity index (χ0) is 37.5. The van der Waals surface area contributed by atoms with Crippen LogP contribution in [0.25, 0.3) is 44.5 Å². The quantitative estimate of drug-likeness (QED) is 0.191. The smallest absolute Gasteiger partial charge is 0.411 e.